The van der Waals surface area contributed by atoms with Crippen LogP contribution in [-0.2, 0) is 13.1 Å². The van der Waals surface area contributed by atoms with Gasteiger partial charge in [0.05, 0.1) is 17.6 Å². The Morgan fingerprint density at radius 3 is 2.62 bits per heavy atom. The first-order chi connectivity index (χ1) is 7.81. The van der Waals surface area contributed by atoms with Gasteiger partial charge in [-0.25, -0.2) is 0 Å². The predicted molar refractivity (Wildman–Crippen MR) is 66.4 cm³/mol. The van der Waals surface area contributed by atoms with E-state index in [4.69, 9.17) is 0 Å². The molecule has 0 bridgehead atoms. The molecular formula is C13H17N3. The molecule has 0 radical (unpaired) electrons. The molecule has 1 heterocycles. The Morgan fingerprint density at radius 1 is 1.25 bits per heavy atom. The standard InChI is InChI=1S/C13H17N3/c1-3-16-11(2)13(10-15-16)14-9-12-7-5-4-6-8-12/h4-8,10,14H,3,9H2,1-2H3. The number of benzene rings is 1. The molecule has 0 unspecified atom stereocenters. The molecule has 0 aliphatic carbocycles. The highest BCUT2D eigenvalue weighted by atomic mass is 15.3. The van der Waals surface area contributed by atoms with E-state index in [9.17, 15) is 0 Å². The lowest BCUT2D eigenvalue weighted by molar-refractivity contribution is 0.640. The number of hydrogen-bond donors (Lipinski definition) is 1. The molecule has 0 amide bonds. The number of nitrogens with zero attached hydrogens (tertiary/aromatic N) is 2. The van der Waals surface area contributed by atoms with Gasteiger partial charge >= 0.3 is 0 Å². The molecule has 1 N–H and O–H groups in total. The van der Waals surface area contributed by atoms with E-state index in [0.717, 1.165) is 18.8 Å². The second kappa shape index (κ2) is 4.84. The van der Waals surface area contributed by atoms with Crippen LogP contribution in [0.1, 0.15) is 18.2 Å². The quantitative estimate of drug-likeness (QED) is 0.850. The van der Waals surface area contributed by atoms with Crippen molar-refractivity contribution in [3.8, 4) is 0 Å². The van der Waals surface area contributed by atoms with Gasteiger partial charge in [0.15, 0.2) is 0 Å². The summed E-state index contributed by atoms with van der Waals surface area (Å²) in [6, 6.07) is 10.4. The molecule has 3 heteroatoms. The van der Waals surface area contributed by atoms with Crippen molar-refractivity contribution in [1.82, 2.24) is 9.78 Å². The van der Waals surface area contributed by atoms with Gasteiger partial charge in [-0.15, -0.1) is 0 Å². The zero-order valence-electron chi connectivity index (χ0n) is 9.77. The van der Waals surface area contributed by atoms with Gasteiger partial charge in [0.2, 0.25) is 0 Å². The van der Waals surface area contributed by atoms with Gasteiger partial charge in [-0.2, -0.15) is 5.10 Å². The van der Waals surface area contributed by atoms with Gasteiger partial charge in [0, 0.05) is 13.1 Å². The number of anilines is 1. The van der Waals surface area contributed by atoms with Crippen LogP contribution in [0.4, 0.5) is 5.69 Å². The fraction of sp³-hybridized carbons (Fsp3) is 0.308. The summed E-state index contributed by atoms with van der Waals surface area (Å²) in [5.74, 6) is 0. The van der Waals surface area contributed by atoms with Crippen molar-refractivity contribution < 1.29 is 0 Å². The zero-order chi connectivity index (χ0) is 11.4. The van der Waals surface area contributed by atoms with Crippen LogP contribution < -0.4 is 5.32 Å². The summed E-state index contributed by atoms with van der Waals surface area (Å²) in [5, 5.41) is 7.70. The van der Waals surface area contributed by atoms with Crippen molar-refractivity contribution in [1.29, 1.82) is 0 Å². The third-order valence-electron chi connectivity index (χ3n) is 2.73. The van der Waals surface area contributed by atoms with Gasteiger partial charge < -0.3 is 5.32 Å². The second-order valence-corrected chi connectivity index (χ2v) is 3.80. The summed E-state index contributed by atoms with van der Waals surface area (Å²) >= 11 is 0. The molecule has 2 aromatic rings. The van der Waals surface area contributed by atoms with Crippen LogP contribution in [0, 0.1) is 6.92 Å². The molecule has 0 saturated carbocycles. The van der Waals surface area contributed by atoms with E-state index in [0.29, 0.717) is 0 Å². The number of nitrogens with one attached hydrogen (secondary N) is 1. The Hall–Kier alpha value is -1.77. The Kier molecular flexibility index (Phi) is 3.25. The lowest BCUT2D eigenvalue weighted by Crippen LogP contribution is -2.02. The molecule has 1 aromatic carbocycles. The van der Waals surface area contributed by atoms with E-state index in [-0.39, 0.29) is 0 Å². The SMILES string of the molecule is CCn1ncc(NCc2ccccc2)c1C. The van der Waals surface area contributed by atoms with E-state index in [1.807, 2.05) is 16.9 Å². The van der Waals surface area contributed by atoms with Crippen molar-refractivity contribution in [2.75, 3.05) is 5.32 Å². The fourth-order valence-corrected chi connectivity index (χ4v) is 1.73. The maximum atomic E-state index is 4.30. The first-order valence-corrected chi connectivity index (χ1v) is 5.61. The molecule has 0 saturated heterocycles. The summed E-state index contributed by atoms with van der Waals surface area (Å²) < 4.78 is 1.99. The Morgan fingerprint density at radius 2 is 2.00 bits per heavy atom. The molecule has 0 aliphatic rings. The third kappa shape index (κ3) is 2.24. The molecule has 2 rings (SSSR count). The van der Waals surface area contributed by atoms with Crippen LogP contribution in [0.15, 0.2) is 36.5 Å². The van der Waals surface area contributed by atoms with Gasteiger partial charge in [-0.05, 0) is 19.4 Å². The highest BCUT2D eigenvalue weighted by Crippen LogP contribution is 2.14. The summed E-state index contributed by atoms with van der Waals surface area (Å²) in [5.41, 5.74) is 3.59. The number of hydrogen-bond acceptors (Lipinski definition) is 2. The first kappa shape index (κ1) is 10.7. The molecule has 1 aromatic heterocycles. The van der Waals surface area contributed by atoms with E-state index >= 15 is 0 Å². The van der Waals surface area contributed by atoms with Crippen molar-refractivity contribution in [3.05, 3.63) is 47.8 Å². The predicted octanol–water partition coefficient (Wildman–Crippen LogP) is 2.82. The van der Waals surface area contributed by atoms with Gasteiger partial charge in [-0.1, -0.05) is 30.3 Å². The van der Waals surface area contributed by atoms with Crippen LogP contribution >= 0.6 is 0 Å². The lowest BCUT2D eigenvalue weighted by Gasteiger charge is -2.06. The van der Waals surface area contributed by atoms with Gasteiger partial charge in [0.1, 0.15) is 0 Å². The number of rotatable bonds is 4. The van der Waals surface area contributed by atoms with Gasteiger partial charge in [0.25, 0.3) is 0 Å². The van der Waals surface area contributed by atoms with Crippen LogP contribution in [0.2, 0.25) is 0 Å². The first-order valence-electron chi connectivity index (χ1n) is 5.61. The maximum absolute atomic E-state index is 4.30. The smallest absolute Gasteiger partial charge is 0.0758 e. The Labute approximate surface area is 96.1 Å². The molecule has 0 aliphatic heterocycles. The van der Waals surface area contributed by atoms with E-state index in [1.54, 1.807) is 0 Å². The molecule has 0 fully saturated rings. The lowest BCUT2D eigenvalue weighted by atomic mass is 10.2. The second-order valence-electron chi connectivity index (χ2n) is 3.80. The summed E-state index contributed by atoms with van der Waals surface area (Å²) in [6.45, 7) is 5.95. The van der Waals surface area contributed by atoms with Crippen molar-refractivity contribution >= 4 is 5.69 Å². The van der Waals surface area contributed by atoms with Crippen LogP contribution in [0.25, 0.3) is 0 Å². The highest BCUT2D eigenvalue weighted by Gasteiger charge is 2.03. The van der Waals surface area contributed by atoms with E-state index < -0.39 is 0 Å². The number of aromatic nitrogens is 2. The number of aryl methyl sites for hydroxylation is 1. The topological polar surface area (TPSA) is 29.9 Å². The van der Waals surface area contributed by atoms with Crippen LogP contribution in [0.3, 0.4) is 0 Å². The monoisotopic (exact) mass is 215 g/mol. The normalized spacial score (nSPS) is 10.4. The summed E-state index contributed by atoms with van der Waals surface area (Å²) in [4.78, 5) is 0. The van der Waals surface area contributed by atoms with Gasteiger partial charge in [-0.3, -0.25) is 4.68 Å². The molecule has 16 heavy (non-hydrogen) atoms. The minimum atomic E-state index is 0.844. The minimum Gasteiger partial charge on any atom is -0.378 e. The molecule has 0 atom stereocenters. The van der Waals surface area contributed by atoms with E-state index in [1.165, 1.54) is 11.3 Å². The maximum Gasteiger partial charge on any atom is 0.0758 e. The average molecular weight is 215 g/mol. The third-order valence-corrected chi connectivity index (χ3v) is 2.73. The zero-order valence-corrected chi connectivity index (χ0v) is 9.77. The van der Waals surface area contributed by atoms with Crippen molar-refractivity contribution in [3.63, 3.8) is 0 Å². The average Bonchev–Trinajstić information content (AvgIpc) is 2.69. The van der Waals surface area contributed by atoms with Crippen molar-refractivity contribution in [2.24, 2.45) is 0 Å². The Balaban J connectivity index is 2.02. The summed E-state index contributed by atoms with van der Waals surface area (Å²) in [6.07, 6.45) is 1.89. The fourth-order valence-electron chi connectivity index (χ4n) is 1.73. The van der Waals surface area contributed by atoms with Crippen LogP contribution in [0.5, 0.6) is 0 Å². The molecule has 0 spiro atoms. The largest absolute Gasteiger partial charge is 0.378 e. The Bertz CT molecular complexity index is 445. The molecular weight excluding hydrogens is 198 g/mol. The van der Waals surface area contributed by atoms with E-state index in [2.05, 4.69) is 48.5 Å². The van der Waals surface area contributed by atoms with Crippen LogP contribution in [-0.4, -0.2) is 9.78 Å². The molecule has 3 nitrogen and oxygen atoms in total. The van der Waals surface area contributed by atoms with Crippen molar-refractivity contribution in [2.45, 2.75) is 26.9 Å². The minimum absolute atomic E-state index is 0.844. The summed E-state index contributed by atoms with van der Waals surface area (Å²) in [7, 11) is 0. The highest BCUT2D eigenvalue weighted by molar-refractivity contribution is 5.46. The molecule has 84 valence electrons.